The Bertz CT molecular complexity index is 996. The number of carbonyl (C=O) groups is 1. The van der Waals surface area contributed by atoms with Crippen molar-refractivity contribution in [1.82, 2.24) is 5.32 Å². The number of nitrogens with one attached hydrogen (secondary N) is 1. The quantitative estimate of drug-likeness (QED) is 0.0281. The van der Waals surface area contributed by atoms with Crippen LogP contribution in [-0.4, -0.2) is 47.8 Å². The Morgan fingerprint density at radius 1 is 0.635 bits per heavy atom. The molecule has 0 aliphatic heterocycles. The van der Waals surface area contributed by atoms with Crippen LogP contribution >= 0.6 is 7.82 Å². The minimum absolute atomic E-state index is 0.0669. The van der Waals surface area contributed by atoms with Crippen molar-refractivity contribution in [2.75, 3.05) is 19.8 Å². The molecule has 0 saturated heterocycles. The van der Waals surface area contributed by atoms with E-state index >= 15 is 0 Å². The van der Waals surface area contributed by atoms with Gasteiger partial charge >= 0.3 is 7.82 Å². The fourth-order valence-corrected chi connectivity index (χ4v) is 6.37. The van der Waals surface area contributed by atoms with E-state index < -0.39 is 20.0 Å². The molecule has 0 rings (SSSR count). The van der Waals surface area contributed by atoms with Crippen LogP contribution in [0.2, 0.25) is 0 Å². The maximum atomic E-state index is 12.7. The lowest BCUT2D eigenvalue weighted by Crippen LogP contribution is -2.45. The highest BCUT2D eigenvalue weighted by Gasteiger charge is 2.26. The summed E-state index contributed by atoms with van der Waals surface area (Å²) in [5, 5.41) is 13.6. The van der Waals surface area contributed by atoms with Gasteiger partial charge in [0, 0.05) is 13.0 Å². The highest BCUT2D eigenvalue weighted by Crippen LogP contribution is 2.43. The zero-order valence-corrected chi connectivity index (χ0v) is 34.2. The predicted molar refractivity (Wildman–Crippen MR) is 221 cm³/mol. The molecule has 302 valence electrons. The topological polar surface area (TPSA) is 131 Å². The molecule has 52 heavy (non-hydrogen) atoms. The van der Waals surface area contributed by atoms with Crippen LogP contribution < -0.4 is 11.1 Å². The van der Waals surface area contributed by atoms with Crippen LogP contribution in [0.1, 0.15) is 174 Å². The fraction of sp³-hybridized carbons (Fsp3) is 0.744. The summed E-state index contributed by atoms with van der Waals surface area (Å²) >= 11 is 0. The number of amides is 1. The van der Waals surface area contributed by atoms with Crippen molar-refractivity contribution >= 4 is 13.7 Å². The van der Waals surface area contributed by atoms with E-state index in [0.29, 0.717) is 6.42 Å². The van der Waals surface area contributed by atoms with Crippen LogP contribution in [0.15, 0.2) is 60.8 Å². The van der Waals surface area contributed by atoms with Gasteiger partial charge in [-0.05, 0) is 70.6 Å². The number of phosphoric ester groups is 1. The van der Waals surface area contributed by atoms with Crippen LogP contribution in [0, 0.1) is 0 Å². The van der Waals surface area contributed by atoms with Crippen molar-refractivity contribution in [3.05, 3.63) is 60.8 Å². The number of phosphoric acid groups is 1. The van der Waals surface area contributed by atoms with E-state index in [2.05, 4.69) is 67.8 Å². The van der Waals surface area contributed by atoms with E-state index in [1.54, 1.807) is 6.08 Å². The normalized spacial score (nSPS) is 14.8. The molecular weight excluding hydrogens is 671 g/mol. The third-order valence-electron chi connectivity index (χ3n) is 8.77. The SMILES string of the molecule is CCC/C=C\C/C=C\CCCCCCCC(=O)NC(COP(=O)(O)OCCN)C(O)/C=C/CC/C=C/CC/C=C/CCCCCCCCCCCC. The molecule has 0 aromatic carbocycles. The molecule has 9 heteroatoms. The Labute approximate surface area is 319 Å². The molecule has 0 radical (unpaired) electrons. The second kappa shape index (κ2) is 38.9. The summed E-state index contributed by atoms with van der Waals surface area (Å²) in [4.78, 5) is 22.6. The van der Waals surface area contributed by atoms with Crippen LogP contribution in [-0.2, 0) is 18.4 Å². The third-order valence-corrected chi connectivity index (χ3v) is 9.76. The Hall–Kier alpha value is -1.80. The molecule has 0 bridgehead atoms. The van der Waals surface area contributed by atoms with E-state index in [1.807, 2.05) is 6.08 Å². The number of aliphatic hydroxyl groups excluding tert-OH is 1. The lowest BCUT2D eigenvalue weighted by Gasteiger charge is -2.23. The number of rotatable bonds is 38. The molecule has 0 aliphatic carbocycles. The number of carbonyl (C=O) groups excluding carboxylic acids is 1. The Kier molecular flexibility index (Phi) is 37.6. The molecule has 0 aromatic rings. The predicted octanol–water partition coefficient (Wildman–Crippen LogP) is 11.5. The molecule has 0 heterocycles. The molecule has 0 fully saturated rings. The summed E-state index contributed by atoms with van der Waals surface area (Å²) < 4.78 is 22.1. The first-order valence-electron chi connectivity index (χ1n) is 20.9. The standard InChI is InChI=1S/C43H79N2O6P/c1-3-5-7-9-11-13-15-17-18-19-20-21-22-23-25-26-28-30-32-34-36-42(46)41(40-51-52(48,49)50-39-38-44)45-43(47)37-35-33-31-29-27-24-16-14-12-10-8-6-4-2/h8,10,14,16,21-22,26,28,34,36,41-42,46H,3-7,9,11-13,15,17-20,23-25,27,29-33,35,37-40,44H2,1-2H3,(H,45,47)(H,48,49)/b10-8-,16-14-,22-21+,28-26+,36-34+. The van der Waals surface area contributed by atoms with Gasteiger partial charge in [-0.15, -0.1) is 0 Å². The molecule has 3 atom stereocenters. The zero-order valence-electron chi connectivity index (χ0n) is 33.3. The largest absolute Gasteiger partial charge is 0.472 e. The molecule has 0 saturated carbocycles. The van der Waals surface area contributed by atoms with Gasteiger partial charge < -0.3 is 21.1 Å². The van der Waals surface area contributed by atoms with Gasteiger partial charge in [0.25, 0.3) is 0 Å². The summed E-state index contributed by atoms with van der Waals surface area (Å²) in [6.07, 6.45) is 48.5. The van der Waals surface area contributed by atoms with E-state index in [0.717, 1.165) is 77.0 Å². The third kappa shape index (κ3) is 36.6. The van der Waals surface area contributed by atoms with Gasteiger partial charge in [-0.25, -0.2) is 4.57 Å². The molecular formula is C43H79N2O6P. The average molecular weight is 751 g/mol. The molecule has 3 unspecified atom stereocenters. The van der Waals surface area contributed by atoms with Crippen LogP contribution in [0.3, 0.4) is 0 Å². The average Bonchev–Trinajstić information content (AvgIpc) is 3.13. The first kappa shape index (κ1) is 50.2. The lowest BCUT2D eigenvalue weighted by molar-refractivity contribution is -0.123. The van der Waals surface area contributed by atoms with Crippen molar-refractivity contribution in [2.45, 2.75) is 187 Å². The lowest BCUT2D eigenvalue weighted by atomic mass is 10.1. The first-order chi connectivity index (χ1) is 25.4. The van der Waals surface area contributed by atoms with Gasteiger partial charge in [-0.3, -0.25) is 13.8 Å². The Balaban J connectivity index is 4.34. The van der Waals surface area contributed by atoms with Crippen molar-refractivity contribution in [3.8, 4) is 0 Å². The van der Waals surface area contributed by atoms with Crippen molar-refractivity contribution in [3.63, 3.8) is 0 Å². The number of hydrogen-bond donors (Lipinski definition) is 4. The summed E-state index contributed by atoms with van der Waals surface area (Å²) in [6.45, 7) is 4.01. The molecule has 0 aliphatic rings. The molecule has 1 amide bonds. The highest BCUT2D eigenvalue weighted by molar-refractivity contribution is 7.47. The number of allylic oxidation sites excluding steroid dienone is 9. The number of nitrogens with two attached hydrogens (primary N) is 1. The number of unbranched alkanes of at least 4 members (excludes halogenated alkanes) is 18. The summed E-state index contributed by atoms with van der Waals surface area (Å²) in [5.74, 6) is -0.226. The monoisotopic (exact) mass is 751 g/mol. The van der Waals surface area contributed by atoms with Gasteiger partial charge in [0.2, 0.25) is 5.91 Å². The molecule has 5 N–H and O–H groups in total. The number of hydrogen-bond acceptors (Lipinski definition) is 6. The van der Waals surface area contributed by atoms with Crippen molar-refractivity contribution < 1.29 is 28.4 Å². The van der Waals surface area contributed by atoms with Crippen molar-refractivity contribution in [1.29, 1.82) is 0 Å². The van der Waals surface area contributed by atoms with E-state index in [-0.39, 0.29) is 25.7 Å². The smallest absolute Gasteiger partial charge is 0.387 e. The van der Waals surface area contributed by atoms with Crippen LogP contribution in [0.25, 0.3) is 0 Å². The van der Waals surface area contributed by atoms with Crippen LogP contribution in [0.5, 0.6) is 0 Å². The maximum Gasteiger partial charge on any atom is 0.472 e. The zero-order chi connectivity index (χ0) is 38.2. The van der Waals surface area contributed by atoms with E-state index in [1.165, 1.54) is 77.0 Å². The molecule has 0 aromatic heterocycles. The second-order valence-corrected chi connectivity index (χ2v) is 15.3. The van der Waals surface area contributed by atoms with Crippen molar-refractivity contribution in [2.24, 2.45) is 5.73 Å². The Morgan fingerprint density at radius 2 is 1.12 bits per heavy atom. The second-order valence-electron chi connectivity index (χ2n) is 13.8. The molecule has 0 spiro atoms. The van der Waals surface area contributed by atoms with E-state index in [9.17, 15) is 19.4 Å². The highest BCUT2D eigenvalue weighted by atomic mass is 31.2. The summed E-state index contributed by atoms with van der Waals surface area (Å²) in [7, 11) is -4.35. The summed E-state index contributed by atoms with van der Waals surface area (Å²) in [5.41, 5.74) is 5.36. The van der Waals surface area contributed by atoms with Gasteiger partial charge in [-0.2, -0.15) is 0 Å². The van der Waals surface area contributed by atoms with Gasteiger partial charge in [0.05, 0.1) is 25.4 Å². The first-order valence-corrected chi connectivity index (χ1v) is 22.4. The van der Waals surface area contributed by atoms with E-state index in [4.69, 9.17) is 14.8 Å². The van der Waals surface area contributed by atoms with Crippen LogP contribution in [0.4, 0.5) is 0 Å². The molecule has 8 nitrogen and oxygen atoms in total. The Morgan fingerprint density at radius 3 is 1.67 bits per heavy atom. The minimum Gasteiger partial charge on any atom is -0.387 e. The minimum atomic E-state index is -4.35. The van der Waals surface area contributed by atoms with Gasteiger partial charge in [-0.1, -0.05) is 158 Å². The maximum absolute atomic E-state index is 12.7. The van der Waals surface area contributed by atoms with Gasteiger partial charge in [0.15, 0.2) is 0 Å². The number of aliphatic hydroxyl groups is 1. The van der Waals surface area contributed by atoms with Gasteiger partial charge in [0.1, 0.15) is 0 Å². The summed E-state index contributed by atoms with van der Waals surface area (Å²) in [6, 6.07) is -0.892. The fourth-order valence-electron chi connectivity index (χ4n) is 5.61.